The van der Waals surface area contributed by atoms with Crippen LogP contribution in [0.2, 0.25) is 0 Å². The second-order valence-electron chi connectivity index (χ2n) is 3.82. The average Bonchev–Trinajstić information content (AvgIpc) is 2.37. The van der Waals surface area contributed by atoms with Crippen molar-refractivity contribution in [1.29, 1.82) is 0 Å². The van der Waals surface area contributed by atoms with Gasteiger partial charge in [0.2, 0.25) is 5.43 Å². The molecule has 2 rings (SSSR count). The maximum atomic E-state index is 12.7. The van der Waals surface area contributed by atoms with E-state index in [-0.39, 0.29) is 11.4 Å². The van der Waals surface area contributed by atoms with Crippen molar-refractivity contribution in [2.75, 3.05) is 7.11 Å². The first-order valence-corrected chi connectivity index (χ1v) is 5.37. The van der Waals surface area contributed by atoms with E-state index in [0.29, 0.717) is 11.6 Å². The number of aromatic nitrogens is 1. The zero-order valence-electron chi connectivity index (χ0n) is 9.91. The van der Waals surface area contributed by atoms with Crippen LogP contribution in [-0.4, -0.2) is 12.1 Å². The maximum Gasteiger partial charge on any atom is 0.431 e. The summed E-state index contributed by atoms with van der Waals surface area (Å²) in [4.78, 5) is 13.9. The van der Waals surface area contributed by atoms with Crippen LogP contribution in [0.1, 0.15) is 5.69 Å². The lowest BCUT2D eigenvalue weighted by Gasteiger charge is -2.12. The summed E-state index contributed by atoms with van der Waals surface area (Å²) in [7, 11) is 1.24. The van der Waals surface area contributed by atoms with Gasteiger partial charge in [-0.25, -0.2) is 0 Å². The van der Waals surface area contributed by atoms with Crippen LogP contribution in [-0.2, 0) is 6.18 Å². The van der Waals surface area contributed by atoms with E-state index in [9.17, 15) is 18.0 Å². The van der Waals surface area contributed by atoms with Crippen LogP contribution in [0.15, 0.2) is 41.2 Å². The van der Waals surface area contributed by atoms with Gasteiger partial charge < -0.3 is 9.72 Å². The van der Waals surface area contributed by atoms with Crippen molar-refractivity contribution < 1.29 is 17.9 Å². The van der Waals surface area contributed by atoms with Crippen molar-refractivity contribution in [2.45, 2.75) is 6.18 Å². The van der Waals surface area contributed by atoms with Crippen LogP contribution in [0, 0.1) is 0 Å². The zero-order chi connectivity index (χ0) is 14.0. The van der Waals surface area contributed by atoms with E-state index in [4.69, 9.17) is 4.74 Å². The van der Waals surface area contributed by atoms with Crippen LogP contribution in [0.25, 0.3) is 11.3 Å². The fourth-order valence-electron chi connectivity index (χ4n) is 1.71. The smallest absolute Gasteiger partial charge is 0.431 e. The number of nitrogens with one attached hydrogen (secondary N) is 1. The molecule has 0 bridgehead atoms. The van der Waals surface area contributed by atoms with Gasteiger partial charge in [0.05, 0.1) is 12.8 Å². The van der Waals surface area contributed by atoms with Crippen LogP contribution in [0.4, 0.5) is 13.2 Å². The summed E-state index contributed by atoms with van der Waals surface area (Å²) in [6, 6.07) is 8.72. The maximum absolute atomic E-state index is 12.7. The molecule has 0 radical (unpaired) electrons. The fraction of sp³-hybridized carbons (Fsp3) is 0.154. The lowest BCUT2D eigenvalue weighted by molar-refractivity contribution is -0.141. The molecule has 100 valence electrons. The number of rotatable bonds is 2. The van der Waals surface area contributed by atoms with Crippen molar-refractivity contribution >= 4 is 0 Å². The Morgan fingerprint density at radius 1 is 1.16 bits per heavy atom. The second kappa shape index (κ2) is 4.79. The van der Waals surface area contributed by atoms with Crippen molar-refractivity contribution in [3.05, 3.63) is 52.3 Å². The first-order chi connectivity index (χ1) is 8.93. The van der Waals surface area contributed by atoms with Gasteiger partial charge in [-0.2, -0.15) is 13.2 Å². The van der Waals surface area contributed by atoms with Gasteiger partial charge in [-0.3, -0.25) is 4.79 Å². The molecule has 0 saturated carbocycles. The van der Waals surface area contributed by atoms with Gasteiger partial charge >= 0.3 is 6.18 Å². The standard InChI is InChI=1S/C13H10F3NO2/c1-19-12-9(18)7-10(13(14,15)16)17-11(12)8-5-3-2-4-6-8/h2-7H,1H3,(H,17,18). The Labute approximate surface area is 106 Å². The molecule has 0 spiro atoms. The van der Waals surface area contributed by atoms with E-state index in [0.717, 1.165) is 0 Å². The fourth-order valence-corrected chi connectivity index (χ4v) is 1.71. The van der Waals surface area contributed by atoms with Crippen molar-refractivity contribution in [3.8, 4) is 17.0 Å². The van der Waals surface area contributed by atoms with Crippen LogP contribution in [0.3, 0.4) is 0 Å². The number of halogens is 3. The van der Waals surface area contributed by atoms with Crippen LogP contribution < -0.4 is 10.2 Å². The highest BCUT2D eigenvalue weighted by Gasteiger charge is 2.33. The van der Waals surface area contributed by atoms with Gasteiger partial charge in [-0.05, 0) is 0 Å². The number of H-pyrrole nitrogens is 1. The minimum atomic E-state index is -4.62. The minimum Gasteiger partial charge on any atom is -0.491 e. The first kappa shape index (κ1) is 13.2. The number of methoxy groups -OCH3 is 1. The van der Waals surface area contributed by atoms with E-state index in [1.165, 1.54) is 7.11 Å². The number of benzene rings is 1. The number of ether oxygens (including phenoxy) is 1. The SMILES string of the molecule is COc1c(-c2ccccc2)[nH]c(C(F)(F)F)cc1=O. The molecular weight excluding hydrogens is 259 g/mol. The second-order valence-corrected chi connectivity index (χ2v) is 3.82. The van der Waals surface area contributed by atoms with E-state index in [1.54, 1.807) is 30.3 Å². The lowest BCUT2D eigenvalue weighted by atomic mass is 10.1. The van der Waals surface area contributed by atoms with E-state index in [1.807, 2.05) is 0 Å². The van der Waals surface area contributed by atoms with Crippen molar-refractivity contribution in [3.63, 3.8) is 0 Å². The van der Waals surface area contributed by atoms with E-state index < -0.39 is 17.3 Å². The third kappa shape index (κ3) is 2.62. The monoisotopic (exact) mass is 269 g/mol. The molecule has 0 unspecified atom stereocenters. The van der Waals surface area contributed by atoms with Gasteiger partial charge in [0.1, 0.15) is 5.69 Å². The molecule has 0 fully saturated rings. The highest BCUT2D eigenvalue weighted by atomic mass is 19.4. The molecule has 1 N–H and O–H groups in total. The summed E-state index contributed by atoms with van der Waals surface area (Å²) < 4.78 is 43.0. The number of alkyl halides is 3. The molecule has 0 aliphatic rings. The Morgan fingerprint density at radius 2 is 1.79 bits per heavy atom. The molecule has 0 amide bonds. The summed E-state index contributed by atoms with van der Waals surface area (Å²) in [5.41, 5.74) is -1.45. The van der Waals surface area contributed by atoms with Crippen molar-refractivity contribution in [2.24, 2.45) is 0 Å². The summed E-state index contributed by atoms with van der Waals surface area (Å²) in [5.74, 6) is -0.140. The Hall–Kier alpha value is -2.24. The predicted octanol–water partition coefficient (Wildman–Crippen LogP) is 3.07. The van der Waals surface area contributed by atoms with Crippen LogP contribution >= 0.6 is 0 Å². The highest BCUT2D eigenvalue weighted by molar-refractivity contribution is 5.66. The molecular formula is C13H10F3NO2. The van der Waals surface area contributed by atoms with Gasteiger partial charge in [0.15, 0.2) is 5.75 Å². The molecule has 0 aliphatic carbocycles. The normalized spacial score (nSPS) is 11.4. The number of pyridine rings is 1. The average molecular weight is 269 g/mol. The number of hydrogen-bond acceptors (Lipinski definition) is 2. The predicted molar refractivity (Wildman–Crippen MR) is 64.1 cm³/mol. The lowest BCUT2D eigenvalue weighted by Crippen LogP contribution is -2.16. The molecule has 0 aliphatic heterocycles. The quantitative estimate of drug-likeness (QED) is 0.910. The largest absolute Gasteiger partial charge is 0.491 e. The molecule has 0 saturated heterocycles. The topological polar surface area (TPSA) is 42.1 Å². The third-order valence-electron chi connectivity index (χ3n) is 2.56. The Bertz CT molecular complexity index is 633. The summed E-state index contributed by atoms with van der Waals surface area (Å²) in [5, 5.41) is 0. The molecule has 0 atom stereocenters. The summed E-state index contributed by atoms with van der Waals surface area (Å²) >= 11 is 0. The summed E-state index contributed by atoms with van der Waals surface area (Å²) in [6.45, 7) is 0. The van der Waals surface area contributed by atoms with Gasteiger partial charge in [0.25, 0.3) is 0 Å². The summed E-state index contributed by atoms with van der Waals surface area (Å²) in [6.07, 6.45) is -4.62. The number of aromatic amines is 1. The Morgan fingerprint density at radius 3 is 2.32 bits per heavy atom. The zero-order valence-corrected chi connectivity index (χ0v) is 9.91. The minimum absolute atomic E-state index is 0.0166. The van der Waals surface area contributed by atoms with Gasteiger partial charge in [0, 0.05) is 11.6 Å². The van der Waals surface area contributed by atoms with Crippen LogP contribution in [0.5, 0.6) is 5.75 Å². The molecule has 6 heteroatoms. The highest BCUT2D eigenvalue weighted by Crippen LogP contribution is 2.31. The molecule has 1 aromatic heterocycles. The molecule has 2 aromatic rings. The molecule has 1 aromatic carbocycles. The van der Waals surface area contributed by atoms with Gasteiger partial charge in [-0.1, -0.05) is 30.3 Å². The third-order valence-corrected chi connectivity index (χ3v) is 2.56. The molecule has 3 nitrogen and oxygen atoms in total. The van der Waals surface area contributed by atoms with E-state index >= 15 is 0 Å². The molecule has 1 heterocycles. The van der Waals surface area contributed by atoms with Gasteiger partial charge in [-0.15, -0.1) is 0 Å². The molecule has 19 heavy (non-hydrogen) atoms. The first-order valence-electron chi connectivity index (χ1n) is 5.37. The van der Waals surface area contributed by atoms with Crippen molar-refractivity contribution in [1.82, 2.24) is 4.98 Å². The number of hydrogen-bond donors (Lipinski definition) is 1. The Kier molecular flexibility index (Phi) is 3.33. The van der Waals surface area contributed by atoms with E-state index in [2.05, 4.69) is 4.98 Å². The Balaban J connectivity index is 2.71.